The number of esters is 1. The fourth-order valence-electron chi connectivity index (χ4n) is 7.22. The number of amides is 1. The monoisotopic (exact) mass is 575 g/mol. The number of aromatic hydroxyl groups is 1. The van der Waals surface area contributed by atoms with E-state index in [4.69, 9.17) is 10.5 Å². The molecule has 2 fully saturated rings. The summed E-state index contributed by atoms with van der Waals surface area (Å²) in [5.41, 5.74) is 4.42. The Morgan fingerprint density at radius 1 is 1.02 bits per heavy atom. The van der Waals surface area contributed by atoms with Crippen molar-refractivity contribution in [2.45, 2.75) is 52.2 Å². The number of hydrogen-bond donors (Lipinski definition) is 3. The van der Waals surface area contributed by atoms with Crippen molar-refractivity contribution in [3.8, 4) is 16.9 Å². The molecule has 10 heteroatoms. The van der Waals surface area contributed by atoms with Gasteiger partial charge < -0.3 is 20.7 Å². The molecule has 0 bridgehead atoms. The van der Waals surface area contributed by atoms with Crippen LogP contribution in [0.15, 0.2) is 36.4 Å². The molecule has 3 aliphatic carbocycles. The third-order valence-electron chi connectivity index (χ3n) is 8.95. The molecule has 0 spiro atoms. The zero-order valence-electron chi connectivity index (χ0n) is 23.7. The number of nitrogens with two attached hydrogens (primary N) is 1. The molecule has 0 radical (unpaired) electrons. The highest BCUT2D eigenvalue weighted by molar-refractivity contribution is 6.32. The molecule has 0 heterocycles. The van der Waals surface area contributed by atoms with Gasteiger partial charge >= 0.3 is 5.97 Å². The second kappa shape index (κ2) is 10.3. The van der Waals surface area contributed by atoms with Crippen LogP contribution in [0.1, 0.15) is 60.4 Å². The second-order valence-corrected chi connectivity index (χ2v) is 12.2. The van der Waals surface area contributed by atoms with E-state index in [2.05, 4.69) is 0 Å². The van der Waals surface area contributed by atoms with Crippen LogP contribution < -0.4 is 5.73 Å². The number of hydrogen-bond acceptors (Lipinski definition) is 9. The van der Waals surface area contributed by atoms with E-state index in [1.165, 1.54) is 6.07 Å². The van der Waals surface area contributed by atoms with Crippen molar-refractivity contribution in [3.63, 3.8) is 0 Å². The number of phenolic OH excluding ortho intramolecular Hbond substituents is 1. The molecule has 5 rings (SSSR count). The maximum absolute atomic E-state index is 14.0. The SMILES string of the molecule is CC(C)OC(=O)c1cccc(-c2ccc(O)c3c2C[C@H]2C[C@H]4[C@H](C(C)C)C(=O)C(C(N)=O)C(=O)[C@@]4(O)C(=O)C2C3=O)c1. The zero-order chi connectivity index (χ0) is 30.8. The number of ketones is 4. The minimum atomic E-state index is -2.74. The molecule has 3 aliphatic rings. The summed E-state index contributed by atoms with van der Waals surface area (Å²) in [6, 6.07) is 9.58. The van der Waals surface area contributed by atoms with Gasteiger partial charge in [-0.05, 0) is 73.4 Å². The van der Waals surface area contributed by atoms with Crippen LogP contribution in [0.3, 0.4) is 0 Å². The highest BCUT2D eigenvalue weighted by Gasteiger charge is 2.69. The third-order valence-corrected chi connectivity index (χ3v) is 8.95. The standard InChI is InChI=1S/C32H33NO9/c1-13(2)22-20-12-17-11-19-18(15-6-5-7-16(10-15)31(40)42-14(3)4)8-9-21(34)24(19)27(36)23(17)28(37)32(20,41)29(38)25(26(22)35)30(33)39/h5-10,13-14,17,20,22-23,25,34,41H,11-12H2,1-4H3,(H2,33,39)/t17-,20-,22-,23?,25?,32-/m0/s1. The molecule has 2 aromatic carbocycles. The molecule has 220 valence electrons. The Labute approximate surface area is 242 Å². The predicted molar refractivity (Wildman–Crippen MR) is 148 cm³/mol. The molecule has 42 heavy (non-hydrogen) atoms. The molecule has 2 aromatic rings. The molecular weight excluding hydrogens is 542 g/mol. The Bertz CT molecular complexity index is 1560. The van der Waals surface area contributed by atoms with Crippen LogP contribution in [0, 0.1) is 35.5 Å². The summed E-state index contributed by atoms with van der Waals surface area (Å²) < 4.78 is 5.31. The van der Waals surface area contributed by atoms with Crippen LogP contribution in [0.5, 0.6) is 5.75 Å². The van der Waals surface area contributed by atoms with Crippen molar-refractivity contribution in [2.75, 3.05) is 0 Å². The second-order valence-electron chi connectivity index (χ2n) is 12.2. The van der Waals surface area contributed by atoms with E-state index in [0.717, 1.165) is 0 Å². The van der Waals surface area contributed by atoms with Gasteiger partial charge in [0, 0.05) is 11.8 Å². The minimum absolute atomic E-state index is 0.0141. The first-order chi connectivity index (χ1) is 19.7. The van der Waals surface area contributed by atoms with Crippen LogP contribution in [0.4, 0.5) is 0 Å². The van der Waals surface area contributed by atoms with E-state index in [-0.39, 0.29) is 30.3 Å². The van der Waals surface area contributed by atoms with Crippen molar-refractivity contribution in [1.29, 1.82) is 0 Å². The lowest BCUT2D eigenvalue weighted by atomic mass is 9.49. The van der Waals surface area contributed by atoms with Gasteiger partial charge in [0.2, 0.25) is 5.91 Å². The number of benzene rings is 2. The molecule has 6 atom stereocenters. The number of rotatable bonds is 5. The summed E-state index contributed by atoms with van der Waals surface area (Å²) in [6.07, 6.45) is -0.216. The number of primary amides is 1. The lowest BCUT2D eigenvalue weighted by Crippen LogP contribution is -2.71. The van der Waals surface area contributed by atoms with E-state index in [1.54, 1.807) is 58.0 Å². The Morgan fingerprint density at radius 3 is 2.33 bits per heavy atom. The zero-order valence-corrected chi connectivity index (χ0v) is 23.7. The molecule has 0 saturated heterocycles. The number of fused-ring (bicyclic) bond motifs is 3. The first kappa shape index (κ1) is 29.3. The normalized spacial score (nSPS) is 28.8. The average Bonchev–Trinajstić information content (AvgIpc) is 2.90. The summed E-state index contributed by atoms with van der Waals surface area (Å²) >= 11 is 0. The van der Waals surface area contributed by atoms with Gasteiger partial charge in [0.05, 0.1) is 23.1 Å². The van der Waals surface area contributed by atoms with E-state index >= 15 is 0 Å². The van der Waals surface area contributed by atoms with Gasteiger partial charge in [0.15, 0.2) is 34.7 Å². The van der Waals surface area contributed by atoms with Gasteiger partial charge in [-0.15, -0.1) is 0 Å². The summed E-state index contributed by atoms with van der Waals surface area (Å²) in [5, 5.41) is 22.5. The third kappa shape index (κ3) is 4.27. The van der Waals surface area contributed by atoms with Crippen LogP contribution in [0.2, 0.25) is 0 Å². The van der Waals surface area contributed by atoms with Crippen LogP contribution in [-0.4, -0.2) is 56.9 Å². The van der Waals surface area contributed by atoms with Crippen LogP contribution in [0.25, 0.3) is 11.1 Å². The maximum Gasteiger partial charge on any atom is 0.338 e. The Morgan fingerprint density at radius 2 is 1.71 bits per heavy atom. The Balaban J connectivity index is 1.62. The molecule has 2 saturated carbocycles. The summed E-state index contributed by atoms with van der Waals surface area (Å²) in [5.74, 6) is -12.7. The molecule has 4 N–H and O–H groups in total. The molecular formula is C32H33NO9. The molecule has 2 unspecified atom stereocenters. The molecule has 10 nitrogen and oxygen atoms in total. The molecule has 0 aliphatic heterocycles. The van der Waals surface area contributed by atoms with Crippen molar-refractivity contribution in [3.05, 3.63) is 53.1 Å². The smallest absolute Gasteiger partial charge is 0.338 e. The first-order valence-electron chi connectivity index (χ1n) is 14.0. The number of carbonyl (C=O) groups is 6. The number of aliphatic hydroxyl groups is 1. The Hall–Kier alpha value is -4.18. The highest BCUT2D eigenvalue weighted by atomic mass is 16.5. The van der Waals surface area contributed by atoms with Gasteiger partial charge in [-0.2, -0.15) is 0 Å². The van der Waals surface area contributed by atoms with E-state index in [1.807, 2.05) is 0 Å². The predicted octanol–water partition coefficient (Wildman–Crippen LogP) is 2.44. The first-order valence-corrected chi connectivity index (χ1v) is 14.0. The summed E-state index contributed by atoms with van der Waals surface area (Å²) in [7, 11) is 0. The minimum Gasteiger partial charge on any atom is -0.507 e. The van der Waals surface area contributed by atoms with Gasteiger partial charge in [0.25, 0.3) is 0 Å². The van der Waals surface area contributed by atoms with Crippen LogP contribution >= 0.6 is 0 Å². The number of carbonyl (C=O) groups excluding carboxylic acids is 6. The van der Waals surface area contributed by atoms with E-state index in [0.29, 0.717) is 22.3 Å². The van der Waals surface area contributed by atoms with Crippen LogP contribution in [-0.2, 0) is 30.3 Å². The molecule has 1 amide bonds. The van der Waals surface area contributed by atoms with Crippen molar-refractivity contribution >= 4 is 35.0 Å². The summed E-state index contributed by atoms with van der Waals surface area (Å²) in [4.78, 5) is 79.3. The average molecular weight is 576 g/mol. The number of Topliss-reactive ketones (excluding diaryl/α,β-unsaturated/α-hetero) is 4. The van der Waals surface area contributed by atoms with Crippen molar-refractivity contribution in [2.24, 2.45) is 41.2 Å². The summed E-state index contributed by atoms with van der Waals surface area (Å²) in [6.45, 7) is 6.86. The van der Waals surface area contributed by atoms with Gasteiger partial charge in [-0.3, -0.25) is 24.0 Å². The lowest BCUT2D eigenvalue weighted by Gasteiger charge is -2.52. The van der Waals surface area contributed by atoms with Crippen molar-refractivity contribution < 1.29 is 43.7 Å². The van der Waals surface area contributed by atoms with Crippen molar-refractivity contribution in [1.82, 2.24) is 0 Å². The fraction of sp³-hybridized carbons (Fsp3) is 0.438. The fourth-order valence-corrected chi connectivity index (χ4v) is 7.22. The largest absolute Gasteiger partial charge is 0.507 e. The quantitative estimate of drug-likeness (QED) is 0.357. The lowest BCUT2D eigenvalue weighted by molar-refractivity contribution is -0.182. The highest BCUT2D eigenvalue weighted by Crippen LogP contribution is 2.53. The maximum atomic E-state index is 14.0. The molecule has 0 aromatic heterocycles. The van der Waals surface area contributed by atoms with E-state index < -0.39 is 76.1 Å². The van der Waals surface area contributed by atoms with Gasteiger partial charge in [0.1, 0.15) is 5.75 Å². The van der Waals surface area contributed by atoms with Gasteiger partial charge in [-0.1, -0.05) is 32.0 Å². The van der Waals surface area contributed by atoms with E-state index in [9.17, 15) is 39.0 Å². The Kier molecular flexibility index (Phi) is 7.17. The number of ether oxygens (including phenoxy) is 1. The van der Waals surface area contributed by atoms with Gasteiger partial charge in [-0.25, -0.2) is 4.79 Å². The number of phenols is 1. The topological polar surface area (TPSA) is 178 Å².